The fourth-order valence-corrected chi connectivity index (χ4v) is 3.62. The van der Waals surface area contributed by atoms with Crippen molar-refractivity contribution >= 4 is 16.8 Å². The van der Waals surface area contributed by atoms with E-state index in [1.54, 1.807) is 23.9 Å². The van der Waals surface area contributed by atoms with Crippen LogP contribution < -0.4 is 20.2 Å². The van der Waals surface area contributed by atoms with Crippen molar-refractivity contribution in [2.24, 2.45) is 5.92 Å². The monoisotopic (exact) mass is 378 g/mol. The maximum Gasteiger partial charge on any atom is 0.239 e. The van der Waals surface area contributed by atoms with Gasteiger partial charge in [0.05, 0.1) is 19.2 Å². The molecule has 0 spiro atoms. The Kier molecular flexibility index (Phi) is 5.02. The van der Waals surface area contributed by atoms with Gasteiger partial charge < -0.3 is 19.4 Å². The predicted octanol–water partition coefficient (Wildman–Crippen LogP) is 2.38. The predicted molar refractivity (Wildman–Crippen MR) is 107 cm³/mol. The van der Waals surface area contributed by atoms with Gasteiger partial charge in [-0.25, -0.2) is 0 Å². The van der Waals surface area contributed by atoms with Crippen LogP contribution in [0.4, 0.5) is 0 Å². The molecule has 1 amide bonds. The average Bonchev–Trinajstić information content (AvgIpc) is 2.74. The van der Waals surface area contributed by atoms with Gasteiger partial charge in [-0.2, -0.15) is 0 Å². The van der Waals surface area contributed by atoms with E-state index in [0.717, 1.165) is 29.0 Å². The number of hydrogen-bond acceptors (Lipinski definition) is 4. The highest BCUT2D eigenvalue weighted by Gasteiger charge is 2.23. The summed E-state index contributed by atoms with van der Waals surface area (Å²) < 4.78 is 13.0. The smallest absolute Gasteiger partial charge is 0.239 e. The first-order valence-corrected chi connectivity index (χ1v) is 9.29. The first-order chi connectivity index (χ1) is 13.7. The van der Waals surface area contributed by atoms with Crippen LogP contribution in [0.15, 0.2) is 59.5 Å². The zero-order valence-electron chi connectivity index (χ0n) is 15.7. The molecule has 1 aliphatic rings. The molecule has 4 rings (SSSR count). The van der Waals surface area contributed by atoms with E-state index < -0.39 is 0 Å². The largest absolute Gasteiger partial charge is 0.493 e. The molecule has 0 saturated heterocycles. The number of methoxy groups -OCH3 is 1. The molecule has 1 unspecified atom stereocenters. The van der Waals surface area contributed by atoms with E-state index >= 15 is 0 Å². The quantitative estimate of drug-likeness (QED) is 0.740. The van der Waals surface area contributed by atoms with E-state index in [1.165, 1.54) is 6.07 Å². The standard InChI is InChI=1S/C22H22N2O4/c1-27-20-8-4-5-16-11-15(14-28-22(16)20)12-23-21(26)13-24-10-9-19(25)17-6-2-3-7-18(17)24/h2-10,15H,11-14H2,1H3,(H,23,26). The van der Waals surface area contributed by atoms with E-state index in [9.17, 15) is 9.59 Å². The Morgan fingerprint density at radius 3 is 2.93 bits per heavy atom. The number of carbonyl (C=O) groups excluding carboxylic acids is 1. The van der Waals surface area contributed by atoms with E-state index in [2.05, 4.69) is 5.32 Å². The minimum Gasteiger partial charge on any atom is -0.493 e. The minimum atomic E-state index is -0.0924. The summed E-state index contributed by atoms with van der Waals surface area (Å²) in [5, 5.41) is 3.61. The van der Waals surface area contributed by atoms with Gasteiger partial charge >= 0.3 is 0 Å². The number of para-hydroxylation sites is 2. The third-order valence-corrected chi connectivity index (χ3v) is 5.04. The summed E-state index contributed by atoms with van der Waals surface area (Å²) in [7, 11) is 1.63. The second kappa shape index (κ2) is 7.76. The SMILES string of the molecule is COc1cccc2c1OCC(CNC(=O)Cn1ccc(=O)c3ccccc31)C2. The molecule has 6 nitrogen and oxygen atoms in total. The summed E-state index contributed by atoms with van der Waals surface area (Å²) in [5.41, 5.74) is 1.81. The molecule has 2 aromatic carbocycles. The van der Waals surface area contributed by atoms with Crippen LogP contribution in [0.25, 0.3) is 10.9 Å². The van der Waals surface area contributed by atoms with Gasteiger partial charge in [0, 0.05) is 30.1 Å². The fourth-order valence-electron chi connectivity index (χ4n) is 3.62. The van der Waals surface area contributed by atoms with E-state index in [4.69, 9.17) is 9.47 Å². The summed E-state index contributed by atoms with van der Waals surface area (Å²) >= 11 is 0. The fraction of sp³-hybridized carbons (Fsp3) is 0.273. The molecule has 144 valence electrons. The van der Waals surface area contributed by atoms with Crippen molar-refractivity contribution in [3.05, 3.63) is 70.5 Å². The lowest BCUT2D eigenvalue weighted by atomic mass is 9.96. The summed E-state index contributed by atoms with van der Waals surface area (Å²) in [6, 6.07) is 14.7. The zero-order valence-corrected chi connectivity index (χ0v) is 15.7. The van der Waals surface area contributed by atoms with Crippen molar-refractivity contribution < 1.29 is 14.3 Å². The van der Waals surface area contributed by atoms with Crippen molar-refractivity contribution in [1.29, 1.82) is 0 Å². The zero-order chi connectivity index (χ0) is 19.5. The molecular formula is C22H22N2O4. The van der Waals surface area contributed by atoms with Gasteiger partial charge in [0.2, 0.25) is 5.91 Å². The van der Waals surface area contributed by atoms with Gasteiger partial charge in [-0.15, -0.1) is 0 Å². The van der Waals surface area contributed by atoms with Gasteiger partial charge in [-0.05, 0) is 30.2 Å². The second-order valence-electron chi connectivity index (χ2n) is 6.96. The maximum absolute atomic E-state index is 12.5. The van der Waals surface area contributed by atoms with Gasteiger partial charge in [0.15, 0.2) is 16.9 Å². The van der Waals surface area contributed by atoms with Crippen LogP contribution in [0.5, 0.6) is 11.5 Å². The van der Waals surface area contributed by atoms with Crippen LogP contribution in [0.2, 0.25) is 0 Å². The number of fused-ring (bicyclic) bond motifs is 2. The Bertz CT molecular complexity index is 1070. The molecule has 2 heterocycles. The van der Waals surface area contributed by atoms with Gasteiger partial charge in [0.1, 0.15) is 6.54 Å². The molecule has 1 atom stereocenters. The number of carbonyl (C=O) groups is 1. The number of benzene rings is 2. The number of nitrogens with zero attached hydrogens (tertiary/aromatic N) is 1. The molecule has 0 fully saturated rings. The molecule has 1 aromatic heterocycles. The van der Waals surface area contributed by atoms with E-state index in [-0.39, 0.29) is 23.8 Å². The lowest BCUT2D eigenvalue weighted by molar-refractivity contribution is -0.121. The number of hydrogen-bond donors (Lipinski definition) is 1. The molecule has 3 aromatic rings. The highest BCUT2D eigenvalue weighted by Crippen LogP contribution is 2.35. The van der Waals surface area contributed by atoms with Crippen LogP contribution in [0, 0.1) is 5.92 Å². The maximum atomic E-state index is 12.5. The Morgan fingerprint density at radius 1 is 1.21 bits per heavy atom. The van der Waals surface area contributed by atoms with Gasteiger partial charge in [-0.3, -0.25) is 9.59 Å². The first-order valence-electron chi connectivity index (χ1n) is 9.29. The number of ether oxygens (including phenoxy) is 2. The van der Waals surface area contributed by atoms with E-state index in [1.807, 2.05) is 36.4 Å². The number of rotatable bonds is 5. The van der Waals surface area contributed by atoms with Crippen LogP contribution in [0.3, 0.4) is 0 Å². The van der Waals surface area contributed by atoms with E-state index in [0.29, 0.717) is 18.5 Å². The van der Waals surface area contributed by atoms with Crippen LogP contribution >= 0.6 is 0 Å². The number of pyridine rings is 1. The molecule has 1 aliphatic heterocycles. The highest BCUT2D eigenvalue weighted by molar-refractivity contribution is 5.82. The summed E-state index contributed by atoms with van der Waals surface area (Å²) in [6.45, 7) is 1.24. The molecule has 6 heteroatoms. The van der Waals surface area contributed by atoms with Crippen molar-refractivity contribution in [1.82, 2.24) is 9.88 Å². The second-order valence-corrected chi connectivity index (χ2v) is 6.96. The lowest BCUT2D eigenvalue weighted by Gasteiger charge is -2.26. The van der Waals surface area contributed by atoms with Crippen molar-refractivity contribution in [2.45, 2.75) is 13.0 Å². The average molecular weight is 378 g/mol. The summed E-state index contributed by atoms with van der Waals surface area (Å²) in [5.74, 6) is 1.65. The number of nitrogens with one attached hydrogen (secondary N) is 1. The van der Waals surface area contributed by atoms with Crippen LogP contribution in [-0.2, 0) is 17.8 Å². The first kappa shape index (κ1) is 18.1. The molecule has 0 saturated carbocycles. The molecular weight excluding hydrogens is 356 g/mol. The van der Waals surface area contributed by atoms with Crippen molar-refractivity contribution in [2.75, 3.05) is 20.3 Å². The minimum absolute atomic E-state index is 0.0410. The molecule has 0 aliphatic carbocycles. The van der Waals surface area contributed by atoms with Crippen LogP contribution in [0.1, 0.15) is 5.56 Å². The van der Waals surface area contributed by atoms with Crippen molar-refractivity contribution in [3.8, 4) is 11.5 Å². The third-order valence-electron chi connectivity index (χ3n) is 5.04. The lowest BCUT2D eigenvalue weighted by Crippen LogP contribution is -2.36. The van der Waals surface area contributed by atoms with Crippen molar-refractivity contribution in [3.63, 3.8) is 0 Å². The van der Waals surface area contributed by atoms with Gasteiger partial charge in [-0.1, -0.05) is 24.3 Å². The Balaban J connectivity index is 1.39. The molecule has 0 radical (unpaired) electrons. The van der Waals surface area contributed by atoms with Gasteiger partial charge in [0.25, 0.3) is 0 Å². The molecule has 1 N–H and O–H groups in total. The Morgan fingerprint density at radius 2 is 2.07 bits per heavy atom. The Labute approximate surface area is 162 Å². The number of aromatic nitrogens is 1. The third kappa shape index (κ3) is 3.58. The topological polar surface area (TPSA) is 69.6 Å². The molecule has 0 bridgehead atoms. The molecule has 28 heavy (non-hydrogen) atoms. The van der Waals surface area contributed by atoms with Crippen LogP contribution in [-0.4, -0.2) is 30.7 Å². The summed E-state index contributed by atoms with van der Waals surface area (Å²) in [6.07, 6.45) is 2.49. The summed E-state index contributed by atoms with van der Waals surface area (Å²) in [4.78, 5) is 24.4. The number of amides is 1. The highest BCUT2D eigenvalue weighted by atomic mass is 16.5. The Hall–Kier alpha value is -3.28. The normalized spacial score (nSPS) is 15.5.